The van der Waals surface area contributed by atoms with Gasteiger partial charge in [0.25, 0.3) is 0 Å². The molecule has 370 valence electrons. The van der Waals surface area contributed by atoms with Gasteiger partial charge in [-0.1, -0.05) is 174 Å². The summed E-state index contributed by atoms with van der Waals surface area (Å²) >= 11 is 0. The molecule has 4 aromatic heterocycles. The van der Waals surface area contributed by atoms with Gasteiger partial charge in [0.05, 0.1) is 55.8 Å². The lowest BCUT2D eigenvalue weighted by molar-refractivity contribution is 1.18. The Balaban J connectivity index is 1.11. The van der Waals surface area contributed by atoms with Crippen LogP contribution >= 0.6 is 0 Å². The first-order valence-electron chi connectivity index (χ1n) is 27.9. The number of fused-ring (bicyclic) bond motifs is 20. The molecule has 0 unspecified atom stereocenters. The second-order valence-electron chi connectivity index (χ2n) is 22.1. The molecule has 19 rings (SSSR count). The molecule has 0 aliphatic carbocycles. The minimum atomic E-state index is -0.224. The van der Waals surface area contributed by atoms with E-state index in [1.165, 1.54) is 92.1 Å². The largest absolute Gasteiger partial charge is 0.309 e. The summed E-state index contributed by atoms with van der Waals surface area (Å²) < 4.78 is 9.99. The van der Waals surface area contributed by atoms with E-state index in [0.29, 0.717) is 5.56 Å². The first kappa shape index (κ1) is 43.2. The SMILES string of the molecule is N#Cc1cc2c3c(c1)-c1c4c(cc5c6ccccc6n(-c6ccccc6)c5c4cc4c5ccccc5n(-c5ccccc5)c14)B3c1cc3c4ccccc4n(-c4ccccc4)c3c3cc4c5ccccc5n(-c5ccccc5)c4c-2c13. The quantitative estimate of drug-likeness (QED) is 0.162. The van der Waals surface area contributed by atoms with Gasteiger partial charge in [0, 0.05) is 87.7 Å². The van der Waals surface area contributed by atoms with Gasteiger partial charge >= 0.3 is 0 Å². The highest BCUT2D eigenvalue weighted by atomic mass is 15.0. The Morgan fingerprint density at radius 1 is 0.284 bits per heavy atom. The van der Waals surface area contributed by atoms with Gasteiger partial charge in [0.2, 0.25) is 6.71 Å². The fourth-order valence-corrected chi connectivity index (χ4v) is 15.3. The highest BCUT2D eigenvalue weighted by Gasteiger charge is 2.43. The number of aromatic nitrogens is 4. The standard InChI is InChI=1S/C75H42BN5/c77-43-44-37-57-69-67-59(39-53-49-29-13-19-35-65(49)80(74(53)69)47-25-9-3-10-26-47)72-55(51-31-15-17-33-63(51)78(72)45-21-5-1-6-22-45)41-61(67)76-62-42-56-52-32-16-18-34-64(52)79(46-23-7-2-8-24-46)73(56)60-40-54-50-30-14-20-36-66(50)81(48-27-11-4-12-28-48)75(54)70(68(60)62)58(38-44)71(57)76/h1-42H. The molecule has 0 fully saturated rings. The molecule has 0 spiro atoms. The van der Waals surface area contributed by atoms with Crippen molar-refractivity contribution in [2.75, 3.05) is 0 Å². The van der Waals surface area contributed by atoms with Crippen LogP contribution in [0.2, 0.25) is 0 Å². The molecule has 2 aliphatic heterocycles. The number of hydrogen-bond acceptors (Lipinski definition) is 1. The number of hydrogen-bond donors (Lipinski definition) is 0. The van der Waals surface area contributed by atoms with Crippen molar-refractivity contribution in [2.24, 2.45) is 0 Å². The second kappa shape index (κ2) is 15.7. The van der Waals surface area contributed by atoms with Gasteiger partial charge in [0.1, 0.15) is 0 Å². The molecule has 17 aromatic rings. The molecule has 6 heteroatoms. The van der Waals surface area contributed by atoms with E-state index in [2.05, 4.69) is 279 Å². The van der Waals surface area contributed by atoms with Crippen LogP contribution < -0.4 is 16.4 Å². The van der Waals surface area contributed by atoms with E-state index in [4.69, 9.17) is 0 Å². The summed E-state index contributed by atoms with van der Waals surface area (Å²) in [5, 5.41) is 26.1. The average Bonchev–Trinajstić information content (AvgIpc) is 2.16. The van der Waals surface area contributed by atoms with Crippen molar-refractivity contribution in [3.05, 3.63) is 260 Å². The van der Waals surface area contributed by atoms with Crippen molar-refractivity contribution in [1.29, 1.82) is 5.26 Å². The lowest BCUT2D eigenvalue weighted by Gasteiger charge is -2.35. The smallest absolute Gasteiger partial charge is 0.244 e. The molecule has 0 bridgehead atoms. The van der Waals surface area contributed by atoms with Crippen molar-refractivity contribution in [3.63, 3.8) is 0 Å². The second-order valence-corrected chi connectivity index (χ2v) is 22.1. The lowest BCUT2D eigenvalue weighted by Crippen LogP contribution is -2.57. The van der Waals surface area contributed by atoms with E-state index in [-0.39, 0.29) is 6.71 Å². The van der Waals surface area contributed by atoms with E-state index in [9.17, 15) is 5.26 Å². The molecule has 6 heterocycles. The molecule has 0 saturated heterocycles. The molecular weight excluding hydrogens is 982 g/mol. The molecule has 0 atom stereocenters. The third-order valence-corrected chi connectivity index (χ3v) is 18.2. The Morgan fingerprint density at radius 2 is 0.580 bits per heavy atom. The first-order chi connectivity index (χ1) is 40.2. The normalized spacial score (nSPS) is 12.7. The van der Waals surface area contributed by atoms with Crippen LogP contribution in [0.15, 0.2) is 255 Å². The summed E-state index contributed by atoms with van der Waals surface area (Å²) in [4.78, 5) is 0. The van der Waals surface area contributed by atoms with Gasteiger partial charge < -0.3 is 18.3 Å². The predicted molar refractivity (Wildman–Crippen MR) is 339 cm³/mol. The minimum absolute atomic E-state index is 0.224. The van der Waals surface area contributed by atoms with Crippen LogP contribution in [0.4, 0.5) is 0 Å². The summed E-state index contributed by atoms with van der Waals surface area (Å²) in [6.45, 7) is -0.224. The average molecular weight is 1020 g/mol. The molecule has 0 amide bonds. The summed E-state index contributed by atoms with van der Waals surface area (Å²) in [6, 6.07) is 96.7. The van der Waals surface area contributed by atoms with Crippen molar-refractivity contribution >= 4 is 132 Å². The molecule has 0 radical (unpaired) electrons. The maximum Gasteiger partial charge on any atom is 0.244 e. The first-order valence-corrected chi connectivity index (χ1v) is 27.9. The van der Waals surface area contributed by atoms with Crippen molar-refractivity contribution in [1.82, 2.24) is 18.3 Å². The van der Waals surface area contributed by atoms with Gasteiger partial charge in [-0.25, -0.2) is 0 Å². The summed E-state index contributed by atoms with van der Waals surface area (Å²) in [6.07, 6.45) is 0. The van der Waals surface area contributed by atoms with Crippen LogP contribution in [0.25, 0.3) is 154 Å². The zero-order valence-corrected chi connectivity index (χ0v) is 43.6. The molecule has 0 saturated carbocycles. The van der Waals surface area contributed by atoms with E-state index in [0.717, 1.165) is 78.1 Å². The Hall–Kier alpha value is -10.9. The van der Waals surface area contributed by atoms with E-state index in [1.807, 2.05) is 0 Å². The molecule has 5 nitrogen and oxygen atoms in total. The fraction of sp³-hybridized carbons (Fsp3) is 0. The predicted octanol–water partition coefficient (Wildman–Crippen LogP) is 16.7. The van der Waals surface area contributed by atoms with Gasteiger partial charge in [-0.2, -0.15) is 5.26 Å². The zero-order valence-electron chi connectivity index (χ0n) is 43.6. The molecule has 2 aliphatic rings. The van der Waals surface area contributed by atoms with Crippen molar-refractivity contribution < 1.29 is 0 Å². The Labute approximate surface area is 464 Å². The number of rotatable bonds is 4. The van der Waals surface area contributed by atoms with E-state index in [1.54, 1.807) is 0 Å². The summed E-state index contributed by atoms with van der Waals surface area (Å²) in [5.74, 6) is 0. The number of nitriles is 1. The van der Waals surface area contributed by atoms with Crippen LogP contribution in [-0.4, -0.2) is 25.0 Å². The number of para-hydroxylation sites is 8. The van der Waals surface area contributed by atoms with Crippen LogP contribution in [0.5, 0.6) is 0 Å². The molecule has 13 aromatic carbocycles. The van der Waals surface area contributed by atoms with E-state index < -0.39 is 0 Å². The Kier molecular flexibility index (Phi) is 8.35. The highest BCUT2D eigenvalue weighted by molar-refractivity contribution is 7.02. The topological polar surface area (TPSA) is 43.5 Å². The van der Waals surface area contributed by atoms with Crippen LogP contribution in [0.1, 0.15) is 5.56 Å². The molecular formula is C75H42BN5. The van der Waals surface area contributed by atoms with Gasteiger partial charge in [-0.05, 0) is 119 Å². The number of benzene rings is 13. The van der Waals surface area contributed by atoms with Gasteiger partial charge in [-0.3, -0.25) is 0 Å². The highest BCUT2D eigenvalue weighted by Crippen LogP contribution is 2.52. The number of nitrogens with zero attached hydrogens (tertiary/aromatic N) is 5. The molecule has 0 N–H and O–H groups in total. The third-order valence-electron chi connectivity index (χ3n) is 18.2. The summed E-state index contributed by atoms with van der Waals surface area (Å²) in [5.41, 5.74) is 22.6. The van der Waals surface area contributed by atoms with Crippen LogP contribution in [-0.2, 0) is 0 Å². The monoisotopic (exact) mass is 1020 g/mol. The fourth-order valence-electron chi connectivity index (χ4n) is 15.3. The van der Waals surface area contributed by atoms with Crippen LogP contribution in [0, 0.1) is 11.3 Å². The lowest BCUT2D eigenvalue weighted by atomic mass is 9.30. The van der Waals surface area contributed by atoms with Gasteiger partial charge in [-0.15, -0.1) is 0 Å². The van der Waals surface area contributed by atoms with Gasteiger partial charge in [0.15, 0.2) is 0 Å². The molecule has 81 heavy (non-hydrogen) atoms. The van der Waals surface area contributed by atoms with Crippen molar-refractivity contribution in [2.45, 2.75) is 0 Å². The Bertz CT molecular complexity index is 5360. The minimum Gasteiger partial charge on any atom is -0.309 e. The van der Waals surface area contributed by atoms with Crippen molar-refractivity contribution in [3.8, 4) is 51.1 Å². The maximum atomic E-state index is 11.6. The zero-order chi connectivity index (χ0) is 52.8. The summed E-state index contributed by atoms with van der Waals surface area (Å²) in [7, 11) is 0. The Morgan fingerprint density at radius 3 is 0.914 bits per heavy atom. The van der Waals surface area contributed by atoms with Crippen LogP contribution in [0.3, 0.4) is 0 Å². The third kappa shape index (κ3) is 5.45. The van der Waals surface area contributed by atoms with E-state index >= 15 is 0 Å². The maximum absolute atomic E-state index is 11.6.